The van der Waals surface area contributed by atoms with Crippen LogP contribution in [0.5, 0.6) is 0 Å². The topological polar surface area (TPSA) is 46.4 Å². The third kappa shape index (κ3) is 3.78. The van der Waals surface area contributed by atoms with E-state index in [9.17, 15) is 10.1 Å². The van der Waals surface area contributed by atoms with Crippen molar-refractivity contribution >= 4 is 156 Å². The van der Waals surface area contributed by atoms with Crippen molar-refractivity contribution in [1.29, 1.82) is 0 Å². The van der Waals surface area contributed by atoms with Crippen molar-refractivity contribution in [1.82, 2.24) is 0 Å². The van der Waals surface area contributed by atoms with Crippen LogP contribution in [0.15, 0.2) is 24.3 Å². The first-order chi connectivity index (χ1) is 14.9. The molecule has 32 heavy (non-hydrogen) atoms. The summed E-state index contributed by atoms with van der Waals surface area (Å²) in [4.78, 5) is 12.1. The molecule has 0 aliphatic heterocycles. The van der Waals surface area contributed by atoms with Crippen LogP contribution in [-0.4, -0.2) is 83.4 Å². The fraction of sp³-hybridized carbons (Fsp3) is 0. The molecule has 3 rings (SSSR count). The first kappa shape index (κ1) is 24.2. The van der Waals surface area contributed by atoms with Gasteiger partial charge in [-0.1, -0.05) is 27.9 Å². The number of rotatable bonds is 4. The molecule has 0 aliphatic rings. The van der Waals surface area contributed by atoms with E-state index in [0.717, 1.165) is 0 Å². The molecule has 0 heterocycles. The van der Waals surface area contributed by atoms with Gasteiger partial charge < -0.3 is 4.90 Å². The molecule has 3 aromatic carbocycles. The summed E-state index contributed by atoms with van der Waals surface area (Å²) in [6, 6.07) is 5.49. The molecule has 0 saturated carbocycles. The van der Waals surface area contributed by atoms with Gasteiger partial charge in [-0.15, -0.1) is 32.8 Å². The maximum absolute atomic E-state index is 11.4. The molecule has 0 unspecified atom stereocenters. The molecule has 4 nitrogen and oxygen atoms in total. The van der Waals surface area contributed by atoms with Gasteiger partial charge in [-0.25, -0.2) is 0 Å². The highest BCUT2D eigenvalue weighted by Crippen LogP contribution is 2.31. The molecule has 128 valence electrons. The SMILES string of the molecule is [B]c1c([B])c([B])c(N(c2cccc([N+](=O)[O-])c2)c2c([B])c([B])c([B])c([B])c2[B])c([B])c1[B]. The summed E-state index contributed by atoms with van der Waals surface area (Å²) in [5.41, 5.74) is -0.604. The van der Waals surface area contributed by atoms with Gasteiger partial charge in [0.1, 0.15) is 78.5 Å². The lowest BCUT2D eigenvalue weighted by Gasteiger charge is -2.36. The Labute approximate surface area is 199 Å². The van der Waals surface area contributed by atoms with Crippen molar-refractivity contribution in [3.8, 4) is 0 Å². The maximum Gasteiger partial charge on any atom is 0.271 e. The standard InChI is InChI=1S/C18H4B10N2O2/c19-7-9(21)13(25)17(14(26)10(7)22)29(5-2-1-3-6(4-5)30(31)32)18-15(27)11(23)8(20)12(24)16(18)28/h1-4H. The van der Waals surface area contributed by atoms with Crippen LogP contribution in [0, 0.1) is 10.1 Å². The van der Waals surface area contributed by atoms with E-state index in [1.165, 1.54) is 29.2 Å². The summed E-state index contributed by atoms with van der Waals surface area (Å²) in [5, 5.41) is 11.4. The predicted molar refractivity (Wildman–Crippen MR) is 142 cm³/mol. The Bertz CT molecular complexity index is 1150. The summed E-state index contributed by atoms with van der Waals surface area (Å²) in [7, 11) is 60.9. The van der Waals surface area contributed by atoms with Crippen molar-refractivity contribution in [2.75, 3.05) is 4.90 Å². The minimum absolute atomic E-state index is 0.0247. The molecule has 0 aliphatic carbocycles. The van der Waals surface area contributed by atoms with Gasteiger partial charge in [-0.3, -0.25) is 10.1 Å². The van der Waals surface area contributed by atoms with Gasteiger partial charge >= 0.3 is 0 Å². The van der Waals surface area contributed by atoms with Gasteiger partial charge in [-0.05, 0) is 6.07 Å². The van der Waals surface area contributed by atoms with E-state index in [4.69, 9.17) is 78.5 Å². The summed E-state index contributed by atoms with van der Waals surface area (Å²) < 4.78 is 0. The second-order valence-corrected chi connectivity index (χ2v) is 6.95. The van der Waals surface area contributed by atoms with Crippen LogP contribution in [0.1, 0.15) is 0 Å². The van der Waals surface area contributed by atoms with E-state index in [1.54, 1.807) is 0 Å². The van der Waals surface area contributed by atoms with E-state index in [1.807, 2.05) is 0 Å². The fourth-order valence-corrected chi connectivity index (χ4v) is 3.27. The normalized spacial score (nSPS) is 10.8. The number of nitro groups is 1. The summed E-state index contributed by atoms with van der Waals surface area (Å²) in [6.45, 7) is 0. The van der Waals surface area contributed by atoms with Gasteiger partial charge in [0, 0.05) is 23.5 Å². The van der Waals surface area contributed by atoms with E-state index < -0.39 is 4.92 Å². The van der Waals surface area contributed by atoms with Crippen molar-refractivity contribution in [3.05, 3.63) is 34.4 Å². The van der Waals surface area contributed by atoms with Crippen molar-refractivity contribution in [2.45, 2.75) is 0 Å². The highest BCUT2D eigenvalue weighted by Gasteiger charge is 2.24. The lowest BCUT2D eigenvalue weighted by atomic mass is 9.60. The number of nitrogens with zero attached hydrogens (tertiary/aromatic N) is 2. The second-order valence-electron chi connectivity index (χ2n) is 6.95. The number of non-ortho nitro benzene ring substituents is 1. The van der Waals surface area contributed by atoms with Crippen molar-refractivity contribution < 1.29 is 4.92 Å². The summed E-state index contributed by atoms with van der Waals surface area (Å²) >= 11 is 0. The monoisotopic (exact) mass is 390 g/mol. The Morgan fingerprint density at radius 2 is 0.938 bits per heavy atom. The molecule has 3 aromatic rings. The third-order valence-electron chi connectivity index (χ3n) is 5.09. The minimum Gasteiger partial charge on any atom is -0.313 e. The van der Waals surface area contributed by atoms with Crippen LogP contribution >= 0.6 is 0 Å². The highest BCUT2D eigenvalue weighted by atomic mass is 16.6. The molecular weight excluding hydrogens is 384 g/mol. The van der Waals surface area contributed by atoms with Crippen LogP contribution in [0.2, 0.25) is 0 Å². The van der Waals surface area contributed by atoms with Gasteiger partial charge in [0.25, 0.3) is 5.69 Å². The molecule has 14 heteroatoms. The van der Waals surface area contributed by atoms with Gasteiger partial charge in [0.2, 0.25) is 0 Å². The molecule has 0 saturated heterocycles. The van der Waals surface area contributed by atoms with Crippen LogP contribution in [0.25, 0.3) is 0 Å². The zero-order valence-corrected chi connectivity index (χ0v) is 16.8. The van der Waals surface area contributed by atoms with Crippen LogP contribution in [0.4, 0.5) is 22.7 Å². The summed E-state index contributed by atoms with van der Waals surface area (Å²) in [5.74, 6) is 0. The van der Waals surface area contributed by atoms with E-state index in [0.29, 0.717) is 0 Å². The first-order valence-corrected chi connectivity index (χ1v) is 8.97. The Hall–Kier alpha value is -2.49. The third-order valence-corrected chi connectivity index (χ3v) is 5.09. The van der Waals surface area contributed by atoms with Crippen molar-refractivity contribution in [2.24, 2.45) is 0 Å². The number of nitro benzene ring substituents is 1. The average molecular weight is 388 g/mol. The highest BCUT2D eigenvalue weighted by molar-refractivity contribution is 6.71. The molecule has 0 amide bonds. The number of benzene rings is 3. The lowest BCUT2D eigenvalue weighted by Crippen LogP contribution is -2.59. The molecule has 0 aromatic heterocycles. The fourth-order valence-electron chi connectivity index (χ4n) is 3.27. The lowest BCUT2D eigenvalue weighted by molar-refractivity contribution is -0.384. The van der Waals surface area contributed by atoms with E-state index >= 15 is 0 Å². The molecule has 0 spiro atoms. The average Bonchev–Trinajstić information content (AvgIpc) is 2.78. The van der Waals surface area contributed by atoms with Crippen molar-refractivity contribution in [3.63, 3.8) is 0 Å². The molecular formula is C18H4B10N2O2. The predicted octanol–water partition coefficient (Wildman–Crippen LogP) is -7.00. The Morgan fingerprint density at radius 1 is 0.594 bits per heavy atom. The molecule has 0 fully saturated rings. The zero-order chi connectivity index (χ0) is 24.1. The first-order valence-electron chi connectivity index (χ1n) is 8.97. The second kappa shape index (κ2) is 8.80. The van der Waals surface area contributed by atoms with Crippen LogP contribution < -0.4 is 59.5 Å². The largest absolute Gasteiger partial charge is 0.313 e. The molecule has 20 radical (unpaired) electrons. The Balaban J connectivity index is 2.53. The maximum atomic E-state index is 11.4. The molecule has 0 N–H and O–H groups in total. The summed E-state index contributed by atoms with van der Waals surface area (Å²) in [6.07, 6.45) is 0. The molecule has 0 atom stereocenters. The Kier molecular flexibility index (Phi) is 6.64. The van der Waals surface area contributed by atoms with E-state index in [2.05, 4.69) is 0 Å². The zero-order valence-electron chi connectivity index (χ0n) is 16.8. The van der Waals surface area contributed by atoms with Gasteiger partial charge in [0.05, 0.1) is 10.6 Å². The van der Waals surface area contributed by atoms with E-state index in [-0.39, 0.29) is 77.4 Å². The number of hydrogen-bond donors (Lipinski definition) is 0. The Morgan fingerprint density at radius 3 is 1.28 bits per heavy atom. The van der Waals surface area contributed by atoms with Crippen LogP contribution in [-0.2, 0) is 0 Å². The quantitative estimate of drug-likeness (QED) is 0.254. The van der Waals surface area contributed by atoms with Gasteiger partial charge in [0.15, 0.2) is 0 Å². The van der Waals surface area contributed by atoms with Crippen LogP contribution in [0.3, 0.4) is 0 Å². The van der Waals surface area contributed by atoms with Gasteiger partial charge in [-0.2, -0.15) is 0 Å². The minimum atomic E-state index is -0.585. The number of hydrogen-bond acceptors (Lipinski definition) is 3. The molecule has 0 bridgehead atoms. The smallest absolute Gasteiger partial charge is 0.271 e. The number of anilines is 3.